The van der Waals surface area contributed by atoms with Crippen molar-refractivity contribution in [2.24, 2.45) is 0 Å². The highest BCUT2D eigenvalue weighted by atomic mass is 32.1. The molecule has 0 bridgehead atoms. The first-order valence-corrected chi connectivity index (χ1v) is 6.59. The zero-order valence-corrected chi connectivity index (χ0v) is 11.1. The summed E-state index contributed by atoms with van der Waals surface area (Å²) in [5, 5.41) is 4.47. The van der Waals surface area contributed by atoms with Gasteiger partial charge < -0.3 is 5.32 Å². The molecule has 0 unspecified atom stereocenters. The predicted octanol–water partition coefficient (Wildman–Crippen LogP) is 4.05. The van der Waals surface area contributed by atoms with Crippen molar-refractivity contribution in [3.63, 3.8) is 0 Å². The van der Waals surface area contributed by atoms with Gasteiger partial charge in [-0.1, -0.05) is 18.2 Å². The van der Waals surface area contributed by atoms with Gasteiger partial charge in [0.1, 0.15) is 17.0 Å². The highest BCUT2D eigenvalue weighted by molar-refractivity contribution is 7.18. The zero-order chi connectivity index (χ0) is 12.5. The maximum absolute atomic E-state index is 4.34. The lowest BCUT2D eigenvalue weighted by molar-refractivity contribution is 1.23. The van der Waals surface area contributed by atoms with Crippen LogP contribution in [0.2, 0.25) is 0 Å². The Morgan fingerprint density at radius 1 is 1.11 bits per heavy atom. The average Bonchev–Trinajstić information content (AvgIpc) is 2.73. The van der Waals surface area contributed by atoms with Crippen molar-refractivity contribution < 1.29 is 0 Å². The number of thiophene rings is 1. The van der Waals surface area contributed by atoms with E-state index in [2.05, 4.69) is 47.3 Å². The Morgan fingerprint density at radius 3 is 2.78 bits per heavy atom. The number of nitrogens with one attached hydrogen (secondary N) is 1. The Morgan fingerprint density at radius 2 is 1.94 bits per heavy atom. The molecule has 0 saturated heterocycles. The first kappa shape index (κ1) is 11.2. The van der Waals surface area contributed by atoms with Crippen molar-refractivity contribution in [2.75, 3.05) is 5.32 Å². The number of para-hydroxylation sites is 1. The van der Waals surface area contributed by atoms with Crippen molar-refractivity contribution in [2.45, 2.75) is 13.8 Å². The standard InChI is InChI=1S/C14H13N3S/c1-9-5-3-4-6-12(9)17-13-11-7-10(2)18-14(11)16-8-15-13/h3-8H,1-2H3,(H,15,16,17). The van der Waals surface area contributed by atoms with Crippen LogP contribution in [-0.2, 0) is 0 Å². The lowest BCUT2D eigenvalue weighted by atomic mass is 10.2. The largest absolute Gasteiger partial charge is 0.339 e. The quantitative estimate of drug-likeness (QED) is 0.750. The van der Waals surface area contributed by atoms with Gasteiger partial charge in [0.05, 0.1) is 5.39 Å². The highest BCUT2D eigenvalue weighted by Crippen LogP contribution is 2.29. The molecule has 0 aliphatic heterocycles. The molecule has 2 heterocycles. The van der Waals surface area contributed by atoms with Crippen LogP contribution in [0, 0.1) is 13.8 Å². The Bertz CT molecular complexity index is 703. The monoisotopic (exact) mass is 255 g/mol. The SMILES string of the molecule is Cc1cc2c(Nc3ccccc3C)ncnc2s1. The molecule has 90 valence electrons. The molecule has 18 heavy (non-hydrogen) atoms. The summed E-state index contributed by atoms with van der Waals surface area (Å²) in [7, 11) is 0. The van der Waals surface area contributed by atoms with Crippen LogP contribution in [-0.4, -0.2) is 9.97 Å². The van der Waals surface area contributed by atoms with E-state index in [1.54, 1.807) is 17.7 Å². The molecule has 1 aromatic carbocycles. The summed E-state index contributed by atoms with van der Waals surface area (Å²) in [5.74, 6) is 0.874. The molecule has 0 radical (unpaired) electrons. The van der Waals surface area contributed by atoms with Crippen molar-refractivity contribution in [3.8, 4) is 0 Å². The van der Waals surface area contributed by atoms with E-state index in [-0.39, 0.29) is 0 Å². The molecule has 0 fully saturated rings. The van der Waals surface area contributed by atoms with Crippen molar-refractivity contribution in [1.82, 2.24) is 9.97 Å². The molecule has 2 aromatic heterocycles. The van der Waals surface area contributed by atoms with E-state index in [9.17, 15) is 0 Å². The van der Waals surface area contributed by atoms with Gasteiger partial charge in [0.2, 0.25) is 0 Å². The predicted molar refractivity (Wildman–Crippen MR) is 76.6 cm³/mol. The van der Waals surface area contributed by atoms with Crippen LogP contribution < -0.4 is 5.32 Å². The van der Waals surface area contributed by atoms with E-state index in [1.807, 2.05) is 12.1 Å². The van der Waals surface area contributed by atoms with Crippen LogP contribution in [0.5, 0.6) is 0 Å². The Labute approximate surface area is 110 Å². The Hall–Kier alpha value is -1.94. The fraction of sp³-hybridized carbons (Fsp3) is 0.143. The van der Waals surface area contributed by atoms with Crippen LogP contribution in [0.15, 0.2) is 36.7 Å². The summed E-state index contributed by atoms with van der Waals surface area (Å²) < 4.78 is 0. The summed E-state index contributed by atoms with van der Waals surface area (Å²) in [6, 6.07) is 10.3. The van der Waals surface area contributed by atoms with Crippen molar-refractivity contribution in [3.05, 3.63) is 47.1 Å². The number of fused-ring (bicyclic) bond motifs is 1. The summed E-state index contributed by atoms with van der Waals surface area (Å²) in [6.07, 6.45) is 1.61. The Kier molecular flexibility index (Phi) is 2.72. The minimum absolute atomic E-state index is 0.874. The molecule has 0 aliphatic carbocycles. The third-order valence-electron chi connectivity index (χ3n) is 2.85. The fourth-order valence-electron chi connectivity index (χ4n) is 1.92. The molecular weight excluding hydrogens is 242 g/mol. The molecule has 1 N–H and O–H groups in total. The van der Waals surface area contributed by atoms with Gasteiger partial charge in [-0.2, -0.15) is 0 Å². The minimum Gasteiger partial charge on any atom is -0.339 e. The molecule has 3 nitrogen and oxygen atoms in total. The molecule has 0 atom stereocenters. The smallest absolute Gasteiger partial charge is 0.142 e. The van der Waals surface area contributed by atoms with E-state index in [0.29, 0.717) is 0 Å². The molecule has 3 rings (SSSR count). The highest BCUT2D eigenvalue weighted by Gasteiger charge is 2.07. The van der Waals surface area contributed by atoms with E-state index in [1.165, 1.54) is 10.4 Å². The molecular formula is C14H13N3S. The van der Waals surface area contributed by atoms with Gasteiger partial charge >= 0.3 is 0 Å². The summed E-state index contributed by atoms with van der Waals surface area (Å²) in [4.78, 5) is 10.9. The van der Waals surface area contributed by atoms with Gasteiger partial charge in [0, 0.05) is 10.6 Å². The number of aromatic nitrogens is 2. The van der Waals surface area contributed by atoms with Crippen LogP contribution in [0.25, 0.3) is 10.2 Å². The second kappa shape index (κ2) is 4.38. The topological polar surface area (TPSA) is 37.8 Å². The van der Waals surface area contributed by atoms with Crippen LogP contribution in [0.3, 0.4) is 0 Å². The fourth-order valence-corrected chi connectivity index (χ4v) is 2.76. The van der Waals surface area contributed by atoms with Gasteiger partial charge in [-0.3, -0.25) is 0 Å². The maximum Gasteiger partial charge on any atom is 0.142 e. The number of benzene rings is 1. The van der Waals surface area contributed by atoms with E-state index < -0.39 is 0 Å². The van der Waals surface area contributed by atoms with Gasteiger partial charge in [-0.05, 0) is 31.5 Å². The first-order chi connectivity index (χ1) is 8.74. The van der Waals surface area contributed by atoms with Crippen molar-refractivity contribution >= 4 is 33.1 Å². The zero-order valence-electron chi connectivity index (χ0n) is 10.3. The minimum atomic E-state index is 0.874. The first-order valence-electron chi connectivity index (χ1n) is 5.78. The van der Waals surface area contributed by atoms with Crippen molar-refractivity contribution in [1.29, 1.82) is 0 Å². The number of hydrogen-bond donors (Lipinski definition) is 1. The van der Waals surface area contributed by atoms with Gasteiger partial charge in [-0.15, -0.1) is 11.3 Å². The molecule has 0 aliphatic rings. The number of aryl methyl sites for hydroxylation is 2. The third kappa shape index (κ3) is 1.95. The normalized spacial score (nSPS) is 10.8. The van der Waals surface area contributed by atoms with Crippen LogP contribution >= 0.6 is 11.3 Å². The average molecular weight is 255 g/mol. The summed E-state index contributed by atoms with van der Waals surface area (Å²) >= 11 is 1.69. The summed E-state index contributed by atoms with van der Waals surface area (Å²) in [6.45, 7) is 4.17. The molecule has 0 spiro atoms. The molecule has 4 heteroatoms. The van der Waals surface area contributed by atoms with E-state index in [0.717, 1.165) is 21.7 Å². The van der Waals surface area contributed by atoms with E-state index >= 15 is 0 Å². The summed E-state index contributed by atoms with van der Waals surface area (Å²) in [5.41, 5.74) is 2.29. The van der Waals surface area contributed by atoms with Gasteiger partial charge in [-0.25, -0.2) is 9.97 Å². The van der Waals surface area contributed by atoms with Gasteiger partial charge in [0.15, 0.2) is 0 Å². The second-order valence-electron chi connectivity index (χ2n) is 4.24. The number of rotatable bonds is 2. The lowest BCUT2D eigenvalue weighted by Gasteiger charge is -2.08. The second-order valence-corrected chi connectivity index (χ2v) is 5.47. The number of nitrogens with zero attached hydrogens (tertiary/aromatic N) is 2. The van der Waals surface area contributed by atoms with Gasteiger partial charge in [0.25, 0.3) is 0 Å². The Balaban J connectivity index is 2.07. The van der Waals surface area contributed by atoms with Crippen LogP contribution in [0.1, 0.15) is 10.4 Å². The molecule has 3 aromatic rings. The maximum atomic E-state index is 4.34. The number of hydrogen-bond acceptors (Lipinski definition) is 4. The number of anilines is 2. The van der Waals surface area contributed by atoms with Crippen LogP contribution in [0.4, 0.5) is 11.5 Å². The molecule has 0 saturated carbocycles. The van der Waals surface area contributed by atoms with E-state index in [4.69, 9.17) is 0 Å². The third-order valence-corrected chi connectivity index (χ3v) is 3.81. The lowest BCUT2D eigenvalue weighted by Crippen LogP contribution is -1.96. The molecule has 0 amide bonds.